The number of amides is 1. The Morgan fingerprint density at radius 2 is 2.17 bits per heavy atom. The summed E-state index contributed by atoms with van der Waals surface area (Å²) in [4.78, 5) is 28.4. The normalized spacial score (nSPS) is 21.6. The van der Waals surface area contributed by atoms with Crippen LogP contribution < -0.4 is 0 Å². The second-order valence-electron chi connectivity index (χ2n) is 6.36. The molecule has 23 heavy (non-hydrogen) atoms. The number of benzene rings is 1. The van der Waals surface area contributed by atoms with Gasteiger partial charge in [0.25, 0.3) is 0 Å². The SMILES string of the molecule is CC1CC(C(=O)O)CN(C(=O)Cc2c[nH]c3cc(F)ccc23)C1. The van der Waals surface area contributed by atoms with Crippen molar-refractivity contribution in [3.05, 3.63) is 35.8 Å². The first-order chi connectivity index (χ1) is 10.9. The van der Waals surface area contributed by atoms with Crippen LogP contribution in [0.3, 0.4) is 0 Å². The first kappa shape index (κ1) is 15.5. The van der Waals surface area contributed by atoms with Gasteiger partial charge in [-0.05, 0) is 36.1 Å². The van der Waals surface area contributed by atoms with Gasteiger partial charge in [0.2, 0.25) is 5.91 Å². The third-order valence-electron chi connectivity index (χ3n) is 4.43. The van der Waals surface area contributed by atoms with Crippen molar-refractivity contribution in [3.63, 3.8) is 0 Å². The van der Waals surface area contributed by atoms with Gasteiger partial charge in [-0.2, -0.15) is 0 Å². The topological polar surface area (TPSA) is 73.4 Å². The molecule has 0 radical (unpaired) electrons. The zero-order chi connectivity index (χ0) is 16.6. The average Bonchev–Trinajstić information content (AvgIpc) is 2.88. The minimum atomic E-state index is -0.850. The molecule has 122 valence electrons. The highest BCUT2D eigenvalue weighted by atomic mass is 19.1. The van der Waals surface area contributed by atoms with Crippen LogP contribution in [-0.4, -0.2) is 40.0 Å². The second-order valence-corrected chi connectivity index (χ2v) is 6.36. The van der Waals surface area contributed by atoms with Crippen LogP contribution in [0.25, 0.3) is 10.9 Å². The number of nitrogens with one attached hydrogen (secondary N) is 1. The molecule has 0 saturated carbocycles. The number of piperidine rings is 1. The zero-order valence-electron chi connectivity index (χ0n) is 12.9. The number of aliphatic carboxylic acids is 1. The molecule has 6 heteroatoms. The number of aromatic amines is 1. The lowest BCUT2D eigenvalue weighted by Crippen LogP contribution is -2.46. The molecule has 3 rings (SSSR count). The Kier molecular flexibility index (Phi) is 4.07. The lowest BCUT2D eigenvalue weighted by molar-refractivity contribution is -0.146. The number of nitrogens with zero attached hydrogens (tertiary/aromatic N) is 1. The Balaban J connectivity index is 1.76. The van der Waals surface area contributed by atoms with Gasteiger partial charge >= 0.3 is 5.97 Å². The molecule has 1 aliphatic heterocycles. The van der Waals surface area contributed by atoms with Gasteiger partial charge < -0.3 is 15.0 Å². The van der Waals surface area contributed by atoms with Gasteiger partial charge in [-0.15, -0.1) is 0 Å². The van der Waals surface area contributed by atoms with Crippen LogP contribution in [0.2, 0.25) is 0 Å². The van der Waals surface area contributed by atoms with Gasteiger partial charge in [0.1, 0.15) is 5.82 Å². The van der Waals surface area contributed by atoms with E-state index in [-0.39, 0.29) is 30.6 Å². The maximum Gasteiger partial charge on any atom is 0.308 e. The molecule has 0 bridgehead atoms. The monoisotopic (exact) mass is 318 g/mol. The van der Waals surface area contributed by atoms with Crippen LogP contribution in [0, 0.1) is 17.7 Å². The Hall–Kier alpha value is -2.37. The van der Waals surface area contributed by atoms with Crippen molar-refractivity contribution in [1.29, 1.82) is 0 Å². The summed E-state index contributed by atoms with van der Waals surface area (Å²) < 4.78 is 13.2. The number of carbonyl (C=O) groups excluding carboxylic acids is 1. The van der Waals surface area contributed by atoms with Crippen molar-refractivity contribution in [3.8, 4) is 0 Å². The third-order valence-corrected chi connectivity index (χ3v) is 4.43. The molecule has 1 saturated heterocycles. The smallest absolute Gasteiger partial charge is 0.308 e. The number of aromatic nitrogens is 1. The van der Waals surface area contributed by atoms with Crippen molar-refractivity contribution in [2.45, 2.75) is 19.8 Å². The van der Waals surface area contributed by atoms with Crippen LogP contribution in [0.5, 0.6) is 0 Å². The van der Waals surface area contributed by atoms with E-state index in [4.69, 9.17) is 0 Å². The predicted octanol–water partition coefficient (Wildman–Crippen LogP) is 2.42. The predicted molar refractivity (Wildman–Crippen MR) is 83.4 cm³/mol. The van der Waals surface area contributed by atoms with Gasteiger partial charge in [-0.25, -0.2) is 4.39 Å². The quantitative estimate of drug-likeness (QED) is 0.913. The molecule has 1 aromatic heterocycles. The van der Waals surface area contributed by atoms with E-state index in [1.54, 1.807) is 17.2 Å². The van der Waals surface area contributed by atoms with E-state index >= 15 is 0 Å². The summed E-state index contributed by atoms with van der Waals surface area (Å²) in [5.74, 6) is -1.60. The van der Waals surface area contributed by atoms with Crippen molar-refractivity contribution in [2.24, 2.45) is 11.8 Å². The molecule has 0 spiro atoms. The van der Waals surface area contributed by atoms with Gasteiger partial charge in [-0.3, -0.25) is 9.59 Å². The molecule has 1 aromatic carbocycles. The number of halogens is 1. The highest BCUT2D eigenvalue weighted by Crippen LogP contribution is 2.24. The summed E-state index contributed by atoms with van der Waals surface area (Å²) >= 11 is 0. The fourth-order valence-corrected chi connectivity index (χ4v) is 3.31. The maximum absolute atomic E-state index is 13.2. The minimum absolute atomic E-state index is 0.0898. The number of hydrogen-bond acceptors (Lipinski definition) is 2. The minimum Gasteiger partial charge on any atom is -0.481 e. The van der Waals surface area contributed by atoms with Crippen molar-refractivity contribution < 1.29 is 19.1 Å². The molecule has 2 aromatic rings. The largest absolute Gasteiger partial charge is 0.481 e. The van der Waals surface area contributed by atoms with Crippen LogP contribution in [0.1, 0.15) is 18.9 Å². The molecule has 2 unspecified atom stereocenters. The number of carboxylic acid groups (broad SMARTS) is 1. The summed E-state index contributed by atoms with van der Waals surface area (Å²) in [6.45, 7) is 2.80. The molecule has 2 atom stereocenters. The summed E-state index contributed by atoms with van der Waals surface area (Å²) in [7, 11) is 0. The van der Waals surface area contributed by atoms with E-state index < -0.39 is 11.9 Å². The highest BCUT2D eigenvalue weighted by Gasteiger charge is 2.31. The van der Waals surface area contributed by atoms with Crippen molar-refractivity contribution >= 4 is 22.8 Å². The molecule has 0 aliphatic carbocycles. The lowest BCUT2D eigenvalue weighted by Gasteiger charge is -2.34. The van der Waals surface area contributed by atoms with Gasteiger partial charge in [-0.1, -0.05) is 6.92 Å². The van der Waals surface area contributed by atoms with Gasteiger partial charge in [0.05, 0.1) is 12.3 Å². The summed E-state index contributed by atoms with van der Waals surface area (Å²) in [5.41, 5.74) is 1.46. The number of carbonyl (C=O) groups is 2. The summed E-state index contributed by atoms with van der Waals surface area (Å²) in [5, 5.41) is 10.0. The Bertz CT molecular complexity index is 755. The van der Waals surface area contributed by atoms with E-state index in [9.17, 15) is 19.1 Å². The van der Waals surface area contributed by atoms with E-state index in [0.717, 1.165) is 10.9 Å². The summed E-state index contributed by atoms with van der Waals surface area (Å²) in [6, 6.07) is 4.42. The fraction of sp³-hybridized carbons (Fsp3) is 0.412. The lowest BCUT2D eigenvalue weighted by atomic mass is 9.90. The first-order valence-electron chi connectivity index (χ1n) is 7.70. The number of hydrogen-bond donors (Lipinski definition) is 2. The number of carboxylic acids is 1. The third kappa shape index (κ3) is 3.21. The molecular weight excluding hydrogens is 299 g/mol. The molecule has 2 N–H and O–H groups in total. The zero-order valence-corrected chi connectivity index (χ0v) is 12.9. The summed E-state index contributed by atoms with van der Waals surface area (Å²) in [6.07, 6.45) is 2.50. The van der Waals surface area contributed by atoms with E-state index in [1.807, 2.05) is 6.92 Å². The van der Waals surface area contributed by atoms with E-state index in [1.165, 1.54) is 12.1 Å². The van der Waals surface area contributed by atoms with Crippen molar-refractivity contribution in [1.82, 2.24) is 9.88 Å². The van der Waals surface area contributed by atoms with E-state index in [2.05, 4.69) is 4.98 Å². The second kappa shape index (κ2) is 6.02. The van der Waals surface area contributed by atoms with Gasteiger partial charge in [0.15, 0.2) is 0 Å². The van der Waals surface area contributed by atoms with Crippen LogP contribution in [-0.2, 0) is 16.0 Å². The maximum atomic E-state index is 13.2. The number of likely N-dealkylation sites (tertiary alicyclic amines) is 1. The molecule has 5 nitrogen and oxygen atoms in total. The Morgan fingerprint density at radius 3 is 2.91 bits per heavy atom. The van der Waals surface area contributed by atoms with Crippen LogP contribution in [0.4, 0.5) is 4.39 Å². The van der Waals surface area contributed by atoms with Crippen LogP contribution in [0.15, 0.2) is 24.4 Å². The van der Waals surface area contributed by atoms with E-state index in [0.29, 0.717) is 18.5 Å². The molecule has 1 amide bonds. The first-order valence-corrected chi connectivity index (χ1v) is 7.70. The standard InChI is InChI=1S/C17H19FN2O3/c1-10-4-12(17(22)23)9-20(8-10)16(21)5-11-7-19-15-6-13(18)2-3-14(11)15/h2-3,6-7,10,12,19H,4-5,8-9H2,1H3,(H,22,23). The Labute approximate surface area is 133 Å². The fourth-order valence-electron chi connectivity index (χ4n) is 3.31. The molecule has 1 fully saturated rings. The Morgan fingerprint density at radius 1 is 1.39 bits per heavy atom. The average molecular weight is 318 g/mol. The molecule has 2 heterocycles. The number of H-pyrrole nitrogens is 1. The number of fused-ring (bicyclic) bond motifs is 1. The van der Waals surface area contributed by atoms with Crippen molar-refractivity contribution in [2.75, 3.05) is 13.1 Å². The van der Waals surface area contributed by atoms with Crippen LogP contribution >= 0.6 is 0 Å². The molecular formula is C17H19FN2O3. The number of rotatable bonds is 3. The van der Waals surface area contributed by atoms with Gasteiger partial charge in [0, 0.05) is 30.2 Å². The molecule has 1 aliphatic rings. The highest BCUT2D eigenvalue weighted by molar-refractivity contribution is 5.89.